The zero-order valence-corrected chi connectivity index (χ0v) is 16.3. The number of para-hydroxylation sites is 1. The van der Waals surface area contributed by atoms with E-state index in [0.29, 0.717) is 18.1 Å². The lowest BCUT2D eigenvalue weighted by Crippen LogP contribution is -2.32. The molecule has 0 aliphatic rings. The number of carbonyl (C=O) groups excluding carboxylic acids is 1. The fourth-order valence-corrected chi connectivity index (χ4v) is 2.73. The summed E-state index contributed by atoms with van der Waals surface area (Å²) in [4.78, 5) is 11.9. The molecule has 2 aromatic carbocycles. The van der Waals surface area contributed by atoms with E-state index in [-0.39, 0.29) is 24.9 Å². The SMILES string of the molecule is Cc1cccc(C)c1OCC(=O)NCCOc1ccc(-c2ccc(F)cc2)nn1. The number of halogens is 1. The molecule has 1 heterocycles. The topological polar surface area (TPSA) is 73.3 Å². The Labute approximate surface area is 168 Å². The van der Waals surface area contributed by atoms with Crippen LogP contribution in [0.5, 0.6) is 11.6 Å². The first-order chi connectivity index (χ1) is 14.0. The summed E-state index contributed by atoms with van der Waals surface area (Å²) in [6.07, 6.45) is 0. The van der Waals surface area contributed by atoms with E-state index in [1.165, 1.54) is 12.1 Å². The lowest BCUT2D eigenvalue weighted by Gasteiger charge is -2.12. The summed E-state index contributed by atoms with van der Waals surface area (Å²) < 4.78 is 24.1. The maximum Gasteiger partial charge on any atom is 0.258 e. The Balaban J connectivity index is 1.40. The van der Waals surface area contributed by atoms with Crippen LogP contribution in [-0.2, 0) is 4.79 Å². The highest BCUT2D eigenvalue weighted by Crippen LogP contribution is 2.22. The van der Waals surface area contributed by atoms with Crippen molar-refractivity contribution in [2.24, 2.45) is 0 Å². The van der Waals surface area contributed by atoms with Crippen LogP contribution < -0.4 is 14.8 Å². The second-order valence-electron chi connectivity index (χ2n) is 6.47. The number of hydrogen-bond acceptors (Lipinski definition) is 5. The molecule has 150 valence electrons. The molecule has 1 N–H and O–H groups in total. The monoisotopic (exact) mass is 395 g/mol. The predicted octanol–water partition coefficient (Wildman–Crippen LogP) is 3.47. The van der Waals surface area contributed by atoms with Crippen LogP contribution in [0, 0.1) is 19.7 Å². The van der Waals surface area contributed by atoms with Crippen LogP contribution in [0.25, 0.3) is 11.3 Å². The van der Waals surface area contributed by atoms with Crippen LogP contribution in [0.1, 0.15) is 11.1 Å². The molecule has 0 aliphatic carbocycles. The normalized spacial score (nSPS) is 10.4. The minimum atomic E-state index is -0.303. The fourth-order valence-electron chi connectivity index (χ4n) is 2.73. The largest absolute Gasteiger partial charge is 0.483 e. The molecule has 7 heteroatoms. The van der Waals surface area contributed by atoms with Gasteiger partial charge in [0.05, 0.1) is 12.2 Å². The molecule has 0 atom stereocenters. The molecule has 3 aromatic rings. The van der Waals surface area contributed by atoms with Gasteiger partial charge < -0.3 is 14.8 Å². The molecule has 0 unspecified atom stereocenters. The quantitative estimate of drug-likeness (QED) is 0.591. The van der Waals surface area contributed by atoms with Gasteiger partial charge in [-0.15, -0.1) is 10.2 Å². The Morgan fingerprint density at radius 2 is 1.69 bits per heavy atom. The van der Waals surface area contributed by atoms with Gasteiger partial charge in [0.25, 0.3) is 5.91 Å². The van der Waals surface area contributed by atoms with Gasteiger partial charge in [0.2, 0.25) is 5.88 Å². The molecule has 0 bridgehead atoms. The fraction of sp³-hybridized carbons (Fsp3) is 0.227. The van der Waals surface area contributed by atoms with E-state index < -0.39 is 0 Å². The van der Waals surface area contributed by atoms with E-state index in [1.807, 2.05) is 32.0 Å². The molecule has 3 rings (SSSR count). The number of benzene rings is 2. The van der Waals surface area contributed by atoms with Gasteiger partial charge in [-0.05, 0) is 55.3 Å². The van der Waals surface area contributed by atoms with Gasteiger partial charge in [-0.1, -0.05) is 18.2 Å². The molecule has 0 aliphatic heterocycles. The first-order valence-electron chi connectivity index (χ1n) is 9.21. The van der Waals surface area contributed by atoms with E-state index in [4.69, 9.17) is 9.47 Å². The zero-order valence-electron chi connectivity index (χ0n) is 16.3. The molecule has 0 radical (unpaired) electrons. The summed E-state index contributed by atoms with van der Waals surface area (Å²) in [6.45, 7) is 4.39. The van der Waals surface area contributed by atoms with Crippen molar-refractivity contribution in [1.29, 1.82) is 0 Å². The lowest BCUT2D eigenvalue weighted by atomic mass is 10.1. The second kappa shape index (κ2) is 9.64. The Hall–Kier alpha value is -3.48. The Bertz CT molecular complexity index is 940. The summed E-state index contributed by atoms with van der Waals surface area (Å²) in [5.41, 5.74) is 3.36. The number of aromatic nitrogens is 2. The van der Waals surface area contributed by atoms with E-state index in [9.17, 15) is 9.18 Å². The number of nitrogens with zero attached hydrogens (tertiary/aromatic N) is 2. The van der Waals surface area contributed by atoms with Crippen LogP contribution in [0.15, 0.2) is 54.6 Å². The zero-order chi connectivity index (χ0) is 20.6. The Morgan fingerprint density at radius 1 is 0.966 bits per heavy atom. The number of hydrogen-bond donors (Lipinski definition) is 1. The van der Waals surface area contributed by atoms with Crippen molar-refractivity contribution in [2.75, 3.05) is 19.8 Å². The molecule has 0 saturated carbocycles. The standard InChI is InChI=1S/C22H22FN3O3/c1-15-4-3-5-16(2)22(15)29-14-20(27)24-12-13-28-21-11-10-19(25-26-21)17-6-8-18(23)9-7-17/h3-11H,12-14H2,1-2H3,(H,24,27). The van der Waals surface area contributed by atoms with E-state index in [1.54, 1.807) is 24.3 Å². The van der Waals surface area contributed by atoms with Gasteiger partial charge in [-0.3, -0.25) is 4.79 Å². The summed E-state index contributed by atoms with van der Waals surface area (Å²) >= 11 is 0. The first-order valence-corrected chi connectivity index (χ1v) is 9.21. The highest BCUT2D eigenvalue weighted by Gasteiger charge is 2.07. The van der Waals surface area contributed by atoms with E-state index >= 15 is 0 Å². The molecule has 0 spiro atoms. The number of ether oxygens (including phenoxy) is 2. The van der Waals surface area contributed by atoms with Crippen LogP contribution in [0.2, 0.25) is 0 Å². The van der Waals surface area contributed by atoms with Crippen LogP contribution >= 0.6 is 0 Å². The van der Waals surface area contributed by atoms with Gasteiger partial charge in [0.15, 0.2) is 6.61 Å². The number of aryl methyl sites for hydroxylation is 2. The average Bonchev–Trinajstić information content (AvgIpc) is 2.72. The van der Waals surface area contributed by atoms with E-state index in [2.05, 4.69) is 15.5 Å². The average molecular weight is 395 g/mol. The van der Waals surface area contributed by atoms with Crippen molar-refractivity contribution in [2.45, 2.75) is 13.8 Å². The molecule has 0 saturated heterocycles. The first kappa shape index (κ1) is 20.3. The van der Waals surface area contributed by atoms with Crippen molar-refractivity contribution in [1.82, 2.24) is 15.5 Å². The van der Waals surface area contributed by atoms with E-state index in [0.717, 1.165) is 22.4 Å². The number of rotatable bonds is 8. The molecular weight excluding hydrogens is 373 g/mol. The highest BCUT2D eigenvalue weighted by atomic mass is 19.1. The van der Waals surface area contributed by atoms with Crippen molar-refractivity contribution in [3.05, 3.63) is 71.5 Å². The summed E-state index contributed by atoms with van der Waals surface area (Å²) in [6, 6.07) is 15.3. The van der Waals surface area contributed by atoms with Crippen LogP contribution in [0.3, 0.4) is 0 Å². The molecule has 6 nitrogen and oxygen atoms in total. The van der Waals surface area contributed by atoms with Gasteiger partial charge in [0, 0.05) is 11.6 Å². The smallest absolute Gasteiger partial charge is 0.258 e. The summed E-state index contributed by atoms with van der Waals surface area (Å²) in [7, 11) is 0. The molecular formula is C22H22FN3O3. The highest BCUT2D eigenvalue weighted by molar-refractivity contribution is 5.77. The Morgan fingerprint density at radius 3 is 2.34 bits per heavy atom. The third kappa shape index (κ3) is 5.75. The van der Waals surface area contributed by atoms with Gasteiger partial charge >= 0.3 is 0 Å². The van der Waals surface area contributed by atoms with Gasteiger partial charge in [-0.2, -0.15) is 0 Å². The maximum absolute atomic E-state index is 13.0. The maximum atomic E-state index is 13.0. The molecule has 1 aromatic heterocycles. The number of carbonyl (C=O) groups is 1. The second-order valence-corrected chi connectivity index (χ2v) is 6.47. The van der Waals surface area contributed by atoms with Crippen LogP contribution in [-0.4, -0.2) is 35.9 Å². The van der Waals surface area contributed by atoms with Crippen molar-refractivity contribution in [3.8, 4) is 22.9 Å². The Kier molecular flexibility index (Phi) is 6.73. The minimum absolute atomic E-state index is 0.0577. The lowest BCUT2D eigenvalue weighted by molar-refractivity contribution is -0.123. The minimum Gasteiger partial charge on any atom is -0.483 e. The third-order valence-corrected chi connectivity index (χ3v) is 4.21. The predicted molar refractivity (Wildman–Crippen MR) is 107 cm³/mol. The van der Waals surface area contributed by atoms with Crippen molar-refractivity contribution in [3.63, 3.8) is 0 Å². The van der Waals surface area contributed by atoms with Crippen molar-refractivity contribution >= 4 is 5.91 Å². The number of nitrogens with one attached hydrogen (secondary N) is 1. The number of amides is 1. The third-order valence-electron chi connectivity index (χ3n) is 4.21. The van der Waals surface area contributed by atoms with Gasteiger partial charge in [0.1, 0.15) is 18.2 Å². The van der Waals surface area contributed by atoms with Gasteiger partial charge in [-0.25, -0.2) is 4.39 Å². The van der Waals surface area contributed by atoms with Crippen molar-refractivity contribution < 1.29 is 18.7 Å². The molecule has 1 amide bonds. The summed E-state index contributed by atoms with van der Waals surface area (Å²) in [5, 5.41) is 10.8. The summed E-state index contributed by atoms with van der Waals surface area (Å²) in [5.74, 6) is 0.546. The molecule has 0 fully saturated rings. The van der Waals surface area contributed by atoms with Crippen LogP contribution in [0.4, 0.5) is 4.39 Å². The molecule has 29 heavy (non-hydrogen) atoms.